The average molecular weight is 483 g/mol. The van der Waals surface area contributed by atoms with Gasteiger partial charge in [-0.3, -0.25) is 9.98 Å². The zero-order valence-corrected chi connectivity index (χ0v) is 21.3. The minimum absolute atomic E-state index is 0.106. The monoisotopic (exact) mass is 482 g/mol. The van der Waals surface area contributed by atoms with Crippen molar-refractivity contribution in [1.29, 1.82) is 0 Å². The second-order valence-corrected chi connectivity index (χ2v) is 9.53. The first-order valence-corrected chi connectivity index (χ1v) is 11.6. The molecular formula is C26H35FN6O2. The summed E-state index contributed by atoms with van der Waals surface area (Å²) in [5.41, 5.74) is 10.7. The summed E-state index contributed by atoms with van der Waals surface area (Å²) in [6.45, 7) is 8.36. The molecule has 0 spiro atoms. The lowest BCUT2D eigenvalue weighted by molar-refractivity contribution is 0.0926. The van der Waals surface area contributed by atoms with E-state index in [4.69, 9.17) is 10.5 Å². The van der Waals surface area contributed by atoms with Crippen LogP contribution in [0.2, 0.25) is 0 Å². The normalized spacial score (nSPS) is 14.2. The van der Waals surface area contributed by atoms with Crippen LogP contribution in [0.1, 0.15) is 39.8 Å². The molecule has 0 aromatic carbocycles. The first-order chi connectivity index (χ1) is 16.6. The Morgan fingerprint density at radius 1 is 1.29 bits per heavy atom. The Morgan fingerprint density at radius 2 is 2.03 bits per heavy atom. The molecule has 4 N–H and O–H groups in total. The van der Waals surface area contributed by atoms with Crippen molar-refractivity contribution in [1.82, 2.24) is 19.7 Å². The van der Waals surface area contributed by atoms with Crippen molar-refractivity contribution < 1.29 is 14.2 Å². The van der Waals surface area contributed by atoms with Crippen LogP contribution in [0.3, 0.4) is 0 Å². The average Bonchev–Trinajstić information content (AvgIpc) is 3.23. The maximum atomic E-state index is 14.9. The Labute approximate surface area is 205 Å². The van der Waals surface area contributed by atoms with Gasteiger partial charge in [-0.15, -0.1) is 0 Å². The standard InChI is InChI=1S/C26H35FN6O2/c1-16(30-6)19(23(28)25(34)26(2,3)4)9-10-35-24-20(13-31-14-21(24)27)17-7-8-22-32-12-18(11-29-5)33(22)15-17/h7-8,12-15,25,29,34H,9-11,28H2,1-6H3/b23-19-,30-16?. The number of aliphatic hydroxyl groups excluding tert-OH is 1. The molecule has 3 heterocycles. The van der Waals surface area contributed by atoms with Crippen LogP contribution in [0.25, 0.3) is 16.8 Å². The van der Waals surface area contributed by atoms with Crippen molar-refractivity contribution in [3.63, 3.8) is 0 Å². The van der Waals surface area contributed by atoms with Gasteiger partial charge in [0.25, 0.3) is 0 Å². The zero-order chi connectivity index (χ0) is 25.8. The van der Waals surface area contributed by atoms with Crippen LogP contribution in [-0.4, -0.2) is 52.0 Å². The van der Waals surface area contributed by atoms with E-state index < -0.39 is 17.3 Å². The number of hydrogen-bond acceptors (Lipinski definition) is 7. The van der Waals surface area contributed by atoms with Gasteiger partial charge in [0.05, 0.1) is 30.8 Å². The van der Waals surface area contributed by atoms with Crippen molar-refractivity contribution in [2.24, 2.45) is 16.1 Å². The summed E-state index contributed by atoms with van der Waals surface area (Å²) in [5.74, 6) is -0.451. The SMILES string of the molecule is CN=C(C)/C(CCOc1c(F)cncc1-c1ccc2ncc(CNC)n2c1)=C(\N)C(O)C(C)(C)C. The van der Waals surface area contributed by atoms with E-state index >= 15 is 0 Å². The van der Waals surface area contributed by atoms with Crippen LogP contribution in [0, 0.1) is 11.2 Å². The highest BCUT2D eigenvalue weighted by atomic mass is 19.1. The van der Waals surface area contributed by atoms with Gasteiger partial charge in [0, 0.05) is 54.9 Å². The summed E-state index contributed by atoms with van der Waals surface area (Å²) in [4.78, 5) is 12.7. The van der Waals surface area contributed by atoms with Crippen molar-refractivity contribution >= 4 is 11.4 Å². The number of ether oxygens (including phenoxy) is 1. The molecular weight excluding hydrogens is 447 g/mol. The number of nitrogens with one attached hydrogen (secondary N) is 1. The molecule has 0 radical (unpaired) electrons. The number of hydrogen-bond donors (Lipinski definition) is 3. The van der Waals surface area contributed by atoms with E-state index in [1.54, 1.807) is 19.4 Å². The number of rotatable bonds is 9. The van der Waals surface area contributed by atoms with Crippen molar-refractivity contribution in [2.45, 2.75) is 46.8 Å². The number of aromatic nitrogens is 3. The Morgan fingerprint density at radius 3 is 2.69 bits per heavy atom. The van der Waals surface area contributed by atoms with E-state index in [1.807, 2.05) is 57.5 Å². The van der Waals surface area contributed by atoms with E-state index in [1.165, 1.54) is 0 Å². The molecule has 188 valence electrons. The van der Waals surface area contributed by atoms with Crippen LogP contribution < -0.4 is 15.8 Å². The maximum absolute atomic E-state index is 14.9. The molecule has 8 nitrogen and oxygen atoms in total. The van der Waals surface area contributed by atoms with E-state index in [2.05, 4.69) is 20.3 Å². The largest absolute Gasteiger partial charge is 0.489 e. The number of nitrogens with two attached hydrogens (primary N) is 1. The molecule has 0 aliphatic carbocycles. The lowest BCUT2D eigenvalue weighted by atomic mass is 9.85. The molecule has 1 atom stereocenters. The highest BCUT2D eigenvalue weighted by Gasteiger charge is 2.27. The van der Waals surface area contributed by atoms with E-state index in [-0.39, 0.29) is 12.4 Å². The van der Waals surface area contributed by atoms with Gasteiger partial charge >= 0.3 is 0 Å². The van der Waals surface area contributed by atoms with Gasteiger partial charge in [-0.1, -0.05) is 20.8 Å². The number of aliphatic hydroxyl groups is 1. The number of fused-ring (bicyclic) bond motifs is 1. The van der Waals surface area contributed by atoms with Crippen LogP contribution >= 0.6 is 0 Å². The molecule has 3 rings (SSSR count). The van der Waals surface area contributed by atoms with Crippen LogP contribution in [-0.2, 0) is 6.54 Å². The number of nitrogens with zero attached hydrogens (tertiary/aromatic N) is 4. The third kappa shape index (κ3) is 5.86. The minimum atomic E-state index is -0.851. The molecule has 9 heteroatoms. The molecule has 0 saturated carbocycles. The van der Waals surface area contributed by atoms with E-state index in [0.29, 0.717) is 35.5 Å². The molecule has 0 fully saturated rings. The number of pyridine rings is 2. The van der Waals surface area contributed by atoms with E-state index in [9.17, 15) is 9.50 Å². The van der Waals surface area contributed by atoms with Gasteiger partial charge < -0.3 is 25.3 Å². The van der Waals surface area contributed by atoms with Gasteiger partial charge in [0.1, 0.15) is 5.65 Å². The maximum Gasteiger partial charge on any atom is 0.183 e. The highest BCUT2D eigenvalue weighted by molar-refractivity contribution is 5.98. The first kappa shape index (κ1) is 26.3. The number of imidazole rings is 1. The van der Waals surface area contributed by atoms with Gasteiger partial charge in [0.2, 0.25) is 0 Å². The Hall–Kier alpha value is -3.30. The van der Waals surface area contributed by atoms with Gasteiger partial charge in [-0.25, -0.2) is 9.37 Å². The summed E-state index contributed by atoms with van der Waals surface area (Å²) in [6.07, 6.45) is 5.93. The predicted molar refractivity (Wildman–Crippen MR) is 137 cm³/mol. The molecule has 3 aromatic heterocycles. The van der Waals surface area contributed by atoms with Crippen LogP contribution in [0.15, 0.2) is 53.2 Å². The molecule has 0 aliphatic rings. The van der Waals surface area contributed by atoms with Crippen molar-refractivity contribution in [2.75, 3.05) is 20.7 Å². The second-order valence-electron chi connectivity index (χ2n) is 9.53. The van der Waals surface area contributed by atoms with E-state index in [0.717, 1.165) is 23.1 Å². The van der Waals surface area contributed by atoms with Gasteiger partial charge in [0.15, 0.2) is 11.6 Å². The fraction of sp³-hybridized carbons (Fsp3) is 0.423. The van der Waals surface area contributed by atoms with Crippen LogP contribution in [0.5, 0.6) is 5.75 Å². The lowest BCUT2D eigenvalue weighted by Crippen LogP contribution is -2.34. The highest BCUT2D eigenvalue weighted by Crippen LogP contribution is 2.33. The topological polar surface area (TPSA) is 110 Å². The smallest absolute Gasteiger partial charge is 0.183 e. The summed E-state index contributed by atoms with van der Waals surface area (Å²) in [5, 5.41) is 13.8. The molecule has 0 saturated heterocycles. The predicted octanol–water partition coefficient (Wildman–Crippen LogP) is 3.73. The first-order valence-electron chi connectivity index (χ1n) is 11.6. The molecule has 0 bridgehead atoms. The molecule has 0 aliphatic heterocycles. The Balaban J connectivity index is 1.91. The summed E-state index contributed by atoms with van der Waals surface area (Å²) in [6, 6.07) is 3.74. The van der Waals surface area contributed by atoms with Crippen LogP contribution in [0.4, 0.5) is 4.39 Å². The summed E-state index contributed by atoms with van der Waals surface area (Å²) < 4.78 is 22.8. The molecule has 3 aromatic rings. The quantitative estimate of drug-likeness (QED) is 0.401. The zero-order valence-electron chi connectivity index (χ0n) is 21.3. The summed E-state index contributed by atoms with van der Waals surface area (Å²) >= 11 is 0. The fourth-order valence-electron chi connectivity index (χ4n) is 3.83. The summed E-state index contributed by atoms with van der Waals surface area (Å²) in [7, 11) is 3.54. The molecule has 1 unspecified atom stereocenters. The third-order valence-corrected chi connectivity index (χ3v) is 5.94. The second kappa shape index (κ2) is 11.0. The lowest BCUT2D eigenvalue weighted by Gasteiger charge is -2.28. The fourth-order valence-corrected chi connectivity index (χ4v) is 3.83. The number of halogens is 1. The van der Waals surface area contributed by atoms with Gasteiger partial charge in [-0.05, 0) is 37.1 Å². The number of aliphatic imine (C=N–C) groups is 1. The van der Waals surface area contributed by atoms with Gasteiger partial charge in [-0.2, -0.15) is 0 Å². The Kier molecular flexibility index (Phi) is 8.24. The molecule has 35 heavy (non-hydrogen) atoms. The molecule has 0 amide bonds. The Bertz CT molecular complexity index is 1240. The van der Waals surface area contributed by atoms with Crippen molar-refractivity contribution in [3.8, 4) is 16.9 Å². The van der Waals surface area contributed by atoms with Crippen molar-refractivity contribution in [3.05, 3.63) is 59.7 Å². The minimum Gasteiger partial charge on any atom is -0.489 e. The third-order valence-electron chi connectivity index (χ3n) is 5.94.